The van der Waals surface area contributed by atoms with Crippen molar-refractivity contribution >= 4 is 34.2 Å². The molecular weight excluding hydrogens is 347 g/mol. The molecule has 0 unspecified atom stereocenters. The smallest absolute Gasteiger partial charge is 0.229 e. The van der Waals surface area contributed by atoms with Gasteiger partial charge in [-0.05, 0) is 49.2 Å². The van der Waals surface area contributed by atoms with Gasteiger partial charge in [-0.25, -0.2) is 4.39 Å². The Bertz CT molecular complexity index is 1040. The van der Waals surface area contributed by atoms with Gasteiger partial charge in [0.2, 0.25) is 11.8 Å². The summed E-state index contributed by atoms with van der Waals surface area (Å²) in [6, 6.07) is 10.4. The van der Waals surface area contributed by atoms with Crippen LogP contribution in [-0.2, 0) is 9.59 Å². The van der Waals surface area contributed by atoms with E-state index in [2.05, 4.69) is 15.5 Å². The number of nitrogens with zero attached hydrogens (tertiary/aromatic N) is 2. The molecule has 0 bridgehead atoms. The predicted molar refractivity (Wildman–Crippen MR) is 101 cm³/mol. The maximum Gasteiger partial charge on any atom is 0.229 e. The summed E-state index contributed by atoms with van der Waals surface area (Å²) in [5.74, 6) is -1.21. The van der Waals surface area contributed by atoms with E-state index in [0.717, 1.165) is 11.1 Å². The van der Waals surface area contributed by atoms with Crippen LogP contribution < -0.4 is 10.2 Å². The zero-order chi connectivity index (χ0) is 19.1. The third-order valence-corrected chi connectivity index (χ3v) is 4.76. The van der Waals surface area contributed by atoms with Gasteiger partial charge in [0, 0.05) is 18.7 Å². The number of H-pyrrole nitrogens is 1. The highest BCUT2D eigenvalue weighted by Gasteiger charge is 2.37. The molecular formula is C20H19FN4O2. The van der Waals surface area contributed by atoms with E-state index in [1.807, 2.05) is 32.0 Å². The molecule has 1 aliphatic rings. The highest BCUT2D eigenvalue weighted by Crippen LogP contribution is 2.31. The number of fused-ring (bicyclic) bond motifs is 1. The van der Waals surface area contributed by atoms with Crippen molar-refractivity contribution in [2.24, 2.45) is 5.92 Å². The molecule has 3 aromatic rings. The lowest BCUT2D eigenvalue weighted by Gasteiger charge is -2.15. The molecule has 1 atom stereocenters. The molecule has 0 saturated carbocycles. The van der Waals surface area contributed by atoms with Gasteiger partial charge < -0.3 is 5.32 Å². The number of hydrogen-bond acceptors (Lipinski definition) is 3. The first-order valence-corrected chi connectivity index (χ1v) is 8.74. The number of aromatic amines is 1. The highest BCUT2D eigenvalue weighted by molar-refractivity contribution is 6.07. The molecule has 2 heterocycles. The molecule has 0 spiro atoms. The Hall–Kier alpha value is -3.22. The van der Waals surface area contributed by atoms with Crippen LogP contribution in [0.15, 0.2) is 36.4 Å². The molecule has 1 fully saturated rings. The Labute approximate surface area is 155 Å². The lowest BCUT2D eigenvalue weighted by Crippen LogP contribution is -2.28. The number of aromatic nitrogens is 2. The number of carbonyl (C=O) groups excluding carboxylic acids is 2. The second-order valence-electron chi connectivity index (χ2n) is 6.98. The average Bonchev–Trinajstić information content (AvgIpc) is 3.18. The standard InChI is InChI=1S/C20H19FN4O2/c1-11-6-12(2)8-14(7-11)22-20(27)13-9-17(26)25(10-13)19-18-15(21)4-3-5-16(18)23-24-19/h3-8,13H,9-10H2,1-2H3,(H,22,27)(H,23,24)/t13-/m1/s1. The highest BCUT2D eigenvalue weighted by atomic mass is 19.1. The number of carbonyl (C=O) groups is 2. The van der Waals surface area contributed by atoms with E-state index >= 15 is 0 Å². The summed E-state index contributed by atoms with van der Waals surface area (Å²) in [6.45, 7) is 4.09. The number of amides is 2. The normalized spacial score (nSPS) is 16.9. The number of aryl methyl sites for hydroxylation is 2. The minimum Gasteiger partial charge on any atom is -0.326 e. The van der Waals surface area contributed by atoms with Crippen LogP contribution >= 0.6 is 0 Å². The summed E-state index contributed by atoms with van der Waals surface area (Å²) in [6.07, 6.45) is 0.0689. The number of nitrogens with one attached hydrogen (secondary N) is 2. The zero-order valence-corrected chi connectivity index (χ0v) is 15.0. The summed E-state index contributed by atoms with van der Waals surface area (Å²) in [5.41, 5.74) is 3.32. The van der Waals surface area contributed by atoms with Crippen LogP contribution in [0.25, 0.3) is 10.9 Å². The fourth-order valence-electron chi connectivity index (χ4n) is 3.59. The average molecular weight is 366 g/mol. The Morgan fingerprint density at radius 3 is 2.74 bits per heavy atom. The summed E-state index contributed by atoms with van der Waals surface area (Å²) in [5, 5.41) is 9.98. The third kappa shape index (κ3) is 3.16. The van der Waals surface area contributed by atoms with E-state index in [4.69, 9.17) is 0 Å². The van der Waals surface area contributed by atoms with E-state index in [0.29, 0.717) is 11.2 Å². The Morgan fingerprint density at radius 2 is 2.00 bits per heavy atom. The van der Waals surface area contributed by atoms with Gasteiger partial charge in [0.1, 0.15) is 5.82 Å². The van der Waals surface area contributed by atoms with Crippen molar-refractivity contribution in [2.75, 3.05) is 16.8 Å². The van der Waals surface area contributed by atoms with Crippen molar-refractivity contribution in [1.29, 1.82) is 0 Å². The topological polar surface area (TPSA) is 78.1 Å². The van der Waals surface area contributed by atoms with E-state index in [1.54, 1.807) is 12.1 Å². The van der Waals surface area contributed by atoms with Crippen molar-refractivity contribution < 1.29 is 14.0 Å². The lowest BCUT2D eigenvalue weighted by molar-refractivity contribution is -0.122. The van der Waals surface area contributed by atoms with E-state index in [-0.39, 0.29) is 36.0 Å². The summed E-state index contributed by atoms with van der Waals surface area (Å²) >= 11 is 0. The predicted octanol–water partition coefficient (Wildman–Crippen LogP) is 3.31. The first kappa shape index (κ1) is 17.2. The van der Waals surface area contributed by atoms with E-state index < -0.39 is 11.7 Å². The molecule has 2 N–H and O–H groups in total. The van der Waals surface area contributed by atoms with E-state index in [9.17, 15) is 14.0 Å². The Kier molecular flexibility index (Phi) is 4.14. The molecule has 0 radical (unpaired) electrons. The van der Waals surface area contributed by atoms with Crippen molar-refractivity contribution in [3.8, 4) is 0 Å². The fraction of sp³-hybridized carbons (Fsp3) is 0.250. The van der Waals surface area contributed by atoms with Gasteiger partial charge in [0.25, 0.3) is 0 Å². The quantitative estimate of drug-likeness (QED) is 0.746. The molecule has 2 aromatic carbocycles. The van der Waals surface area contributed by atoms with E-state index in [1.165, 1.54) is 11.0 Å². The lowest BCUT2D eigenvalue weighted by atomic mass is 10.1. The van der Waals surface area contributed by atoms with Crippen molar-refractivity contribution in [3.05, 3.63) is 53.3 Å². The van der Waals surface area contributed by atoms with Crippen molar-refractivity contribution in [3.63, 3.8) is 0 Å². The van der Waals surface area contributed by atoms with Crippen LogP contribution in [0, 0.1) is 25.6 Å². The molecule has 0 aliphatic carbocycles. The second-order valence-corrected chi connectivity index (χ2v) is 6.98. The number of rotatable bonds is 3. The van der Waals surface area contributed by atoms with Gasteiger partial charge >= 0.3 is 0 Å². The summed E-state index contributed by atoms with van der Waals surface area (Å²) in [4.78, 5) is 26.5. The molecule has 4 rings (SSSR count). The van der Waals surface area contributed by atoms with Crippen LogP contribution in [0.2, 0.25) is 0 Å². The van der Waals surface area contributed by atoms with Crippen LogP contribution in [0.1, 0.15) is 17.5 Å². The minimum absolute atomic E-state index is 0.0689. The van der Waals surface area contributed by atoms with Crippen LogP contribution in [0.4, 0.5) is 15.9 Å². The molecule has 1 aromatic heterocycles. The number of anilines is 2. The van der Waals surface area contributed by atoms with Gasteiger partial charge in [-0.3, -0.25) is 19.6 Å². The van der Waals surface area contributed by atoms with Gasteiger partial charge in [0.05, 0.1) is 16.8 Å². The number of benzene rings is 2. The van der Waals surface area contributed by atoms with Crippen molar-refractivity contribution in [2.45, 2.75) is 20.3 Å². The molecule has 138 valence electrons. The Balaban J connectivity index is 1.55. The largest absolute Gasteiger partial charge is 0.326 e. The molecule has 2 amide bonds. The van der Waals surface area contributed by atoms with Crippen molar-refractivity contribution in [1.82, 2.24) is 10.2 Å². The monoisotopic (exact) mass is 366 g/mol. The maximum atomic E-state index is 14.2. The van der Waals surface area contributed by atoms with Gasteiger partial charge in [0.15, 0.2) is 5.82 Å². The Morgan fingerprint density at radius 1 is 1.26 bits per heavy atom. The molecule has 6 nitrogen and oxygen atoms in total. The van der Waals surface area contributed by atoms with Crippen LogP contribution in [0.5, 0.6) is 0 Å². The molecule has 27 heavy (non-hydrogen) atoms. The molecule has 1 saturated heterocycles. The van der Waals surface area contributed by atoms with Gasteiger partial charge in [-0.15, -0.1) is 0 Å². The summed E-state index contributed by atoms with van der Waals surface area (Å²) in [7, 11) is 0. The third-order valence-electron chi connectivity index (χ3n) is 4.76. The second kappa shape index (κ2) is 6.50. The fourth-order valence-corrected chi connectivity index (χ4v) is 3.59. The summed E-state index contributed by atoms with van der Waals surface area (Å²) < 4.78 is 14.2. The SMILES string of the molecule is Cc1cc(C)cc(NC(=O)[C@@H]2CC(=O)N(c3n[nH]c4cccc(F)c34)C2)c1. The zero-order valence-electron chi connectivity index (χ0n) is 15.0. The molecule has 1 aliphatic heterocycles. The van der Waals surface area contributed by atoms with Crippen LogP contribution in [0.3, 0.4) is 0 Å². The minimum atomic E-state index is -0.517. The maximum absolute atomic E-state index is 14.2. The molecule has 7 heteroatoms. The van der Waals surface area contributed by atoms with Gasteiger partial charge in [-0.2, -0.15) is 5.10 Å². The first-order chi connectivity index (χ1) is 12.9. The van der Waals surface area contributed by atoms with Gasteiger partial charge in [-0.1, -0.05) is 12.1 Å². The number of halogens is 1. The number of hydrogen-bond donors (Lipinski definition) is 2. The first-order valence-electron chi connectivity index (χ1n) is 8.74. The van der Waals surface area contributed by atoms with Crippen LogP contribution in [-0.4, -0.2) is 28.6 Å².